The summed E-state index contributed by atoms with van der Waals surface area (Å²) in [7, 11) is -1.71. The standard InChI is InChI=1S/C18H32N4O4S/c1-13(2)20-16(24)21-9-7-17(8-10-21)5-6-18(15(23)19-3)12-22(11-14(17)18)27(4,25)26/h13-14H,5-12H2,1-4H3,(H,19,23)(H,20,24)/t14-,18+/m1/s1. The van der Waals surface area contributed by atoms with Gasteiger partial charge >= 0.3 is 6.03 Å². The maximum Gasteiger partial charge on any atom is 0.317 e. The Morgan fingerprint density at radius 3 is 2.26 bits per heavy atom. The van der Waals surface area contributed by atoms with Crippen molar-refractivity contribution in [2.75, 3.05) is 39.5 Å². The summed E-state index contributed by atoms with van der Waals surface area (Å²) in [6.07, 6.45) is 4.49. The number of fused-ring (bicyclic) bond motifs is 2. The van der Waals surface area contributed by atoms with E-state index < -0.39 is 15.4 Å². The fourth-order valence-corrected chi connectivity index (χ4v) is 6.37. The van der Waals surface area contributed by atoms with Crippen LogP contribution in [0.3, 0.4) is 0 Å². The number of sulfonamides is 1. The summed E-state index contributed by atoms with van der Waals surface area (Å²) in [6.45, 7) is 5.86. The number of rotatable bonds is 3. The molecule has 1 saturated carbocycles. The maximum absolute atomic E-state index is 12.8. The Morgan fingerprint density at radius 1 is 1.11 bits per heavy atom. The molecule has 3 fully saturated rings. The minimum atomic E-state index is -3.34. The van der Waals surface area contributed by atoms with Gasteiger partial charge in [-0.05, 0) is 50.9 Å². The number of likely N-dealkylation sites (tertiary alicyclic amines) is 1. The number of urea groups is 1. The van der Waals surface area contributed by atoms with Gasteiger partial charge in [-0.25, -0.2) is 17.5 Å². The van der Waals surface area contributed by atoms with Crippen LogP contribution in [-0.4, -0.2) is 75.1 Å². The highest BCUT2D eigenvalue weighted by molar-refractivity contribution is 7.88. The Bertz CT molecular complexity index is 715. The van der Waals surface area contributed by atoms with Crippen LogP contribution >= 0.6 is 0 Å². The molecule has 27 heavy (non-hydrogen) atoms. The largest absolute Gasteiger partial charge is 0.359 e. The molecule has 3 amide bonds. The van der Waals surface area contributed by atoms with Crippen LogP contribution < -0.4 is 10.6 Å². The summed E-state index contributed by atoms with van der Waals surface area (Å²) < 4.78 is 25.8. The van der Waals surface area contributed by atoms with Gasteiger partial charge < -0.3 is 15.5 Å². The van der Waals surface area contributed by atoms with Crippen LogP contribution in [0.1, 0.15) is 39.5 Å². The van der Waals surface area contributed by atoms with E-state index in [-0.39, 0.29) is 35.9 Å². The third kappa shape index (κ3) is 3.44. The number of piperidine rings is 1. The summed E-state index contributed by atoms with van der Waals surface area (Å²) in [5.74, 6) is -0.0366. The minimum Gasteiger partial charge on any atom is -0.359 e. The molecule has 0 aromatic heterocycles. The first-order valence-electron chi connectivity index (χ1n) is 9.77. The zero-order chi connectivity index (χ0) is 20.0. The summed E-state index contributed by atoms with van der Waals surface area (Å²) in [6, 6.07) is 0.0542. The normalized spacial score (nSPS) is 30.6. The Hall–Kier alpha value is -1.35. The van der Waals surface area contributed by atoms with E-state index in [0.717, 1.165) is 19.3 Å². The highest BCUT2D eigenvalue weighted by atomic mass is 32.2. The Kier molecular flexibility index (Phi) is 5.22. The van der Waals surface area contributed by atoms with E-state index in [1.54, 1.807) is 7.05 Å². The monoisotopic (exact) mass is 400 g/mol. The third-order valence-electron chi connectivity index (χ3n) is 6.93. The molecule has 0 bridgehead atoms. The molecule has 2 heterocycles. The second-order valence-electron chi connectivity index (χ2n) is 8.80. The van der Waals surface area contributed by atoms with E-state index in [2.05, 4.69) is 10.6 Å². The predicted molar refractivity (Wildman–Crippen MR) is 103 cm³/mol. The SMILES string of the molecule is CNC(=O)[C@]12CCC3(CCN(C(=O)NC(C)C)CC3)[C@H]1CN(S(C)(=O)=O)C2. The molecule has 8 nitrogen and oxygen atoms in total. The van der Waals surface area contributed by atoms with Gasteiger partial charge in [0.2, 0.25) is 15.9 Å². The van der Waals surface area contributed by atoms with Gasteiger partial charge in [0.15, 0.2) is 0 Å². The van der Waals surface area contributed by atoms with Gasteiger partial charge in [0.05, 0.1) is 11.7 Å². The van der Waals surface area contributed by atoms with Gasteiger partial charge in [0.1, 0.15) is 0 Å². The first-order valence-corrected chi connectivity index (χ1v) is 11.6. The van der Waals surface area contributed by atoms with E-state index in [0.29, 0.717) is 26.1 Å². The molecule has 2 saturated heterocycles. The number of hydrogen-bond acceptors (Lipinski definition) is 4. The molecule has 0 unspecified atom stereocenters. The molecule has 0 radical (unpaired) electrons. The number of nitrogens with one attached hydrogen (secondary N) is 2. The van der Waals surface area contributed by atoms with Crippen LogP contribution in [0, 0.1) is 16.7 Å². The molecule has 2 atom stereocenters. The highest BCUT2D eigenvalue weighted by Crippen LogP contribution is 2.62. The van der Waals surface area contributed by atoms with Crippen molar-refractivity contribution in [3.05, 3.63) is 0 Å². The summed E-state index contributed by atoms with van der Waals surface area (Å²) in [5.41, 5.74) is -0.708. The number of amides is 3. The van der Waals surface area contributed by atoms with Gasteiger partial charge in [-0.1, -0.05) is 0 Å². The molecule has 0 aromatic carbocycles. The lowest BCUT2D eigenvalue weighted by molar-refractivity contribution is -0.132. The first-order chi connectivity index (χ1) is 12.5. The minimum absolute atomic E-state index is 0.00925. The molecule has 2 N–H and O–H groups in total. The molecule has 1 aliphatic carbocycles. The van der Waals surface area contributed by atoms with Crippen LogP contribution in [0.25, 0.3) is 0 Å². The van der Waals surface area contributed by atoms with Crippen molar-refractivity contribution in [3.63, 3.8) is 0 Å². The van der Waals surface area contributed by atoms with Crippen molar-refractivity contribution in [1.29, 1.82) is 0 Å². The average molecular weight is 401 g/mol. The number of carbonyl (C=O) groups excluding carboxylic acids is 2. The third-order valence-corrected chi connectivity index (χ3v) is 8.14. The molecule has 1 spiro atoms. The zero-order valence-electron chi connectivity index (χ0n) is 16.7. The molecule has 3 rings (SSSR count). The quantitative estimate of drug-likeness (QED) is 0.725. The zero-order valence-corrected chi connectivity index (χ0v) is 17.6. The van der Waals surface area contributed by atoms with Crippen LogP contribution in [0.4, 0.5) is 4.79 Å². The van der Waals surface area contributed by atoms with Crippen LogP contribution in [0.15, 0.2) is 0 Å². The topological polar surface area (TPSA) is 98.8 Å². The second-order valence-corrected chi connectivity index (χ2v) is 10.8. The number of hydrogen-bond donors (Lipinski definition) is 2. The van der Waals surface area contributed by atoms with Crippen molar-refractivity contribution < 1.29 is 18.0 Å². The van der Waals surface area contributed by atoms with E-state index in [1.165, 1.54) is 10.6 Å². The Balaban J connectivity index is 1.80. The highest BCUT2D eigenvalue weighted by Gasteiger charge is 2.65. The Morgan fingerprint density at radius 2 is 1.74 bits per heavy atom. The number of nitrogens with zero attached hydrogens (tertiary/aromatic N) is 2. The van der Waals surface area contributed by atoms with Crippen molar-refractivity contribution in [2.45, 2.75) is 45.6 Å². The van der Waals surface area contributed by atoms with Gasteiger partial charge in [-0.15, -0.1) is 0 Å². The van der Waals surface area contributed by atoms with Crippen molar-refractivity contribution in [1.82, 2.24) is 19.8 Å². The average Bonchev–Trinajstić information content (AvgIpc) is 3.12. The van der Waals surface area contributed by atoms with Crippen molar-refractivity contribution >= 4 is 22.0 Å². The molecular formula is C18H32N4O4S. The predicted octanol–water partition coefficient (Wildman–Crippen LogP) is 0.604. The van der Waals surface area contributed by atoms with Crippen LogP contribution in [-0.2, 0) is 14.8 Å². The van der Waals surface area contributed by atoms with Crippen LogP contribution in [0.2, 0.25) is 0 Å². The molecule has 3 aliphatic rings. The lowest BCUT2D eigenvalue weighted by Gasteiger charge is -2.44. The fourth-order valence-electron chi connectivity index (χ4n) is 5.48. The van der Waals surface area contributed by atoms with Crippen molar-refractivity contribution in [2.24, 2.45) is 16.7 Å². The Labute approximate surface area is 162 Å². The first kappa shape index (κ1) is 20.4. The summed E-state index contributed by atoms with van der Waals surface area (Å²) in [4.78, 5) is 26.9. The summed E-state index contributed by atoms with van der Waals surface area (Å²) >= 11 is 0. The summed E-state index contributed by atoms with van der Waals surface area (Å²) in [5, 5.41) is 5.71. The molecule has 0 aromatic rings. The van der Waals surface area contributed by atoms with E-state index in [1.807, 2.05) is 18.7 Å². The molecule has 2 aliphatic heterocycles. The molecule has 9 heteroatoms. The van der Waals surface area contributed by atoms with E-state index >= 15 is 0 Å². The molecular weight excluding hydrogens is 368 g/mol. The van der Waals surface area contributed by atoms with E-state index in [4.69, 9.17) is 0 Å². The lowest BCUT2D eigenvalue weighted by atomic mass is 9.65. The van der Waals surface area contributed by atoms with Gasteiger partial charge in [0.25, 0.3) is 0 Å². The molecule has 154 valence electrons. The van der Waals surface area contributed by atoms with Gasteiger partial charge in [-0.3, -0.25) is 4.79 Å². The van der Waals surface area contributed by atoms with Crippen LogP contribution in [0.5, 0.6) is 0 Å². The van der Waals surface area contributed by atoms with E-state index in [9.17, 15) is 18.0 Å². The fraction of sp³-hybridized carbons (Fsp3) is 0.889. The van der Waals surface area contributed by atoms with Crippen molar-refractivity contribution in [3.8, 4) is 0 Å². The smallest absolute Gasteiger partial charge is 0.317 e. The maximum atomic E-state index is 12.8. The van der Waals surface area contributed by atoms with Gasteiger partial charge in [-0.2, -0.15) is 0 Å². The van der Waals surface area contributed by atoms with Gasteiger partial charge in [0, 0.05) is 39.3 Å². The number of carbonyl (C=O) groups is 2. The second kappa shape index (κ2) is 6.92. The lowest BCUT2D eigenvalue weighted by Crippen LogP contribution is -2.51.